The predicted molar refractivity (Wildman–Crippen MR) is 393 cm³/mol. The molecular weight excluding hydrogens is 1360 g/mol. The summed E-state index contributed by atoms with van der Waals surface area (Å²) in [6.07, 6.45) is -19.7. The lowest BCUT2D eigenvalue weighted by molar-refractivity contribution is -0.351. The Bertz CT molecular complexity index is 4240. The Labute approximate surface area is 622 Å². The molecule has 107 heavy (non-hydrogen) atoms. The molecule has 0 aromatic heterocycles. The van der Waals surface area contributed by atoms with Crippen LogP contribution in [0.2, 0.25) is 0 Å². The van der Waals surface area contributed by atoms with Crippen LogP contribution in [0.1, 0.15) is 70.0 Å². The van der Waals surface area contributed by atoms with Crippen LogP contribution in [0.3, 0.4) is 0 Å². The van der Waals surface area contributed by atoms with Gasteiger partial charge >= 0.3 is 17.9 Å². The molecule has 0 spiro atoms. The maximum atomic E-state index is 15.0. The Morgan fingerprint density at radius 1 is 0.243 bits per heavy atom. The predicted octanol–water partition coefficient (Wildman–Crippen LogP) is 13.6. The van der Waals surface area contributed by atoms with Crippen LogP contribution < -0.4 is 0 Å². The molecule has 3 aliphatic rings. The van der Waals surface area contributed by atoms with Crippen LogP contribution in [-0.2, 0) is 117 Å². The molecule has 10 aromatic carbocycles. The quantitative estimate of drug-likeness (QED) is 0.0293. The van der Waals surface area contributed by atoms with Gasteiger partial charge in [0.2, 0.25) is 0 Å². The summed E-state index contributed by atoms with van der Waals surface area (Å²) in [7, 11) is 0. The van der Waals surface area contributed by atoms with Gasteiger partial charge in [0.25, 0.3) is 0 Å². The van der Waals surface area contributed by atoms with E-state index < -0.39 is 123 Å². The molecule has 3 aliphatic heterocycles. The minimum atomic E-state index is -1.76. The lowest BCUT2D eigenvalue weighted by atomic mass is 9.96. The maximum Gasteiger partial charge on any atom is 0.338 e. The van der Waals surface area contributed by atoms with Crippen molar-refractivity contribution >= 4 is 17.9 Å². The van der Waals surface area contributed by atoms with Gasteiger partial charge < -0.3 is 76.2 Å². The van der Waals surface area contributed by atoms with E-state index in [0.717, 1.165) is 38.9 Å². The molecule has 0 saturated carbocycles. The molecule has 3 fully saturated rings. The number of aliphatic hydroxyl groups is 1. The topological polar surface area (TPSA) is 210 Å². The highest BCUT2D eigenvalue weighted by atomic mass is 16.8. The highest BCUT2D eigenvalue weighted by molar-refractivity contribution is 5.91. The number of ether oxygens (including phenoxy) is 15. The molecule has 0 aliphatic carbocycles. The highest BCUT2D eigenvalue weighted by Gasteiger charge is 2.56. The largest absolute Gasteiger partial charge is 0.452 e. The van der Waals surface area contributed by atoms with Crippen molar-refractivity contribution in [3.05, 3.63) is 359 Å². The molecule has 13 rings (SSSR count). The van der Waals surface area contributed by atoms with Crippen LogP contribution in [0.4, 0.5) is 0 Å². The summed E-state index contributed by atoms with van der Waals surface area (Å²) in [4.78, 5) is 44.9. The summed E-state index contributed by atoms with van der Waals surface area (Å²) in [6.45, 7) is -0.253. The zero-order valence-electron chi connectivity index (χ0n) is 58.9. The van der Waals surface area contributed by atoms with Crippen LogP contribution in [0.5, 0.6) is 0 Å². The van der Waals surface area contributed by atoms with Crippen molar-refractivity contribution < 1.29 is 90.5 Å². The van der Waals surface area contributed by atoms with Gasteiger partial charge in [0, 0.05) is 0 Å². The molecule has 15 unspecified atom stereocenters. The van der Waals surface area contributed by atoms with Gasteiger partial charge in [-0.2, -0.15) is 0 Å². The smallest absolute Gasteiger partial charge is 0.338 e. The summed E-state index contributed by atoms with van der Waals surface area (Å²) >= 11 is 0. The fourth-order valence-electron chi connectivity index (χ4n) is 13.0. The Balaban J connectivity index is 0.898. The summed E-state index contributed by atoms with van der Waals surface area (Å²) in [6, 6.07) is 92.1. The number of hydrogen-bond acceptors (Lipinski definition) is 19. The van der Waals surface area contributed by atoms with E-state index in [4.69, 9.17) is 71.1 Å². The lowest BCUT2D eigenvalue weighted by Gasteiger charge is -2.48. The van der Waals surface area contributed by atoms with Crippen molar-refractivity contribution in [3.8, 4) is 0 Å². The van der Waals surface area contributed by atoms with Crippen LogP contribution in [0.25, 0.3) is 0 Å². The van der Waals surface area contributed by atoms with Gasteiger partial charge in [-0.05, 0) is 75.3 Å². The van der Waals surface area contributed by atoms with Crippen LogP contribution in [-0.4, -0.2) is 135 Å². The standard InChI is InChI=1S/C88H86O19/c89-83(68-45-25-8-26-46-68)105-76-73(60-100-87-81(99-57-67-43-23-7-24-44-67)78(97-55-65-39-19-5-20-40-65)74(94-52-62-33-13-2-14-34-62)71(103-87)58-93-51-61-31-11-1-12-32-61)104-88(82(107-85(91)70-49-29-10-30-50-70)79(76)106-84(90)69-47-27-9-28-48-69)101-59-72-75(95-53-63-35-15-3-16-36-63)77(96-54-64-37-17-4-18-38-64)80(86(92)102-72)98-56-66-41-21-6-22-42-66/h1-50,71-82,86-88,92H,51-60H2. The summed E-state index contributed by atoms with van der Waals surface area (Å²) in [5, 5.41) is 12.4. The molecule has 15 atom stereocenters. The average molecular weight is 1450 g/mol. The number of carbonyl (C=O) groups excluding carboxylic acids is 3. The molecule has 19 nitrogen and oxygen atoms in total. The van der Waals surface area contributed by atoms with E-state index in [0.29, 0.717) is 0 Å². The first-order chi connectivity index (χ1) is 52.7. The van der Waals surface area contributed by atoms with Gasteiger partial charge in [-0.25, -0.2) is 14.4 Å². The van der Waals surface area contributed by atoms with E-state index in [1.807, 2.05) is 212 Å². The van der Waals surface area contributed by atoms with Crippen molar-refractivity contribution in [2.45, 2.75) is 138 Å². The number of esters is 3. The molecule has 0 radical (unpaired) electrons. The zero-order chi connectivity index (χ0) is 73.2. The van der Waals surface area contributed by atoms with Crippen LogP contribution in [0, 0.1) is 0 Å². The van der Waals surface area contributed by atoms with Crippen LogP contribution >= 0.6 is 0 Å². The number of rotatable bonds is 34. The monoisotopic (exact) mass is 1450 g/mol. The van der Waals surface area contributed by atoms with E-state index in [2.05, 4.69) is 0 Å². The van der Waals surface area contributed by atoms with E-state index >= 15 is 4.79 Å². The minimum Gasteiger partial charge on any atom is -0.452 e. The molecule has 552 valence electrons. The van der Waals surface area contributed by atoms with Crippen molar-refractivity contribution in [2.24, 2.45) is 0 Å². The second-order valence-electron chi connectivity index (χ2n) is 26.1. The van der Waals surface area contributed by atoms with Crippen molar-refractivity contribution in [2.75, 3.05) is 19.8 Å². The fourth-order valence-corrected chi connectivity index (χ4v) is 13.0. The number of carbonyl (C=O) groups is 3. The summed E-state index contributed by atoms with van der Waals surface area (Å²) < 4.78 is 103. The second-order valence-corrected chi connectivity index (χ2v) is 26.1. The minimum absolute atomic E-state index is 0.0179. The third-order valence-electron chi connectivity index (χ3n) is 18.5. The number of aliphatic hydroxyl groups excluding tert-OH is 1. The number of hydrogen-bond donors (Lipinski definition) is 1. The first-order valence-electron chi connectivity index (χ1n) is 35.9. The van der Waals surface area contributed by atoms with Gasteiger partial charge in [-0.1, -0.05) is 267 Å². The molecule has 1 N–H and O–H groups in total. The van der Waals surface area contributed by atoms with E-state index in [-0.39, 0.29) is 69.5 Å². The Morgan fingerprint density at radius 3 is 0.850 bits per heavy atom. The fraction of sp³-hybridized carbons (Fsp3) is 0.284. The summed E-state index contributed by atoms with van der Waals surface area (Å²) in [5.41, 5.74) is 6.36. The molecule has 3 saturated heterocycles. The van der Waals surface area contributed by atoms with E-state index in [9.17, 15) is 14.7 Å². The molecule has 19 heteroatoms. The molecule has 0 amide bonds. The zero-order valence-corrected chi connectivity index (χ0v) is 58.9. The number of benzene rings is 10. The molecule has 10 aromatic rings. The Morgan fingerprint density at radius 2 is 0.495 bits per heavy atom. The van der Waals surface area contributed by atoms with Crippen molar-refractivity contribution in [1.29, 1.82) is 0 Å². The normalized spacial score (nSPS) is 24.2. The van der Waals surface area contributed by atoms with Crippen LogP contribution in [0.15, 0.2) is 303 Å². The highest BCUT2D eigenvalue weighted by Crippen LogP contribution is 2.37. The second kappa shape index (κ2) is 39.1. The molecule has 3 heterocycles. The third kappa shape index (κ3) is 21.2. The first kappa shape index (κ1) is 75.3. The Hall–Kier alpha value is -9.91. The van der Waals surface area contributed by atoms with E-state index in [1.165, 1.54) is 0 Å². The third-order valence-corrected chi connectivity index (χ3v) is 18.5. The van der Waals surface area contributed by atoms with E-state index in [1.54, 1.807) is 91.0 Å². The molecule has 0 bridgehead atoms. The van der Waals surface area contributed by atoms with Crippen molar-refractivity contribution in [1.82, 2.24) is 0 Å². The molecular formula is C88H86O19. The van der Waals surface area contributed by atoms with Gasteiger partial charge in [-0.15, -0.1) is 0 Å². The Kier molecular flexibility index (Phi) is 27.5. The van der Waals surface area contributed by atoms with Gasteiger partial charge in [-0.3, -0.25) is 0 Å². The average Bonchev–Trinajstić information content (AvgIpc) is 0.768. The van der Waals surface area contributed by atoms with Gasteiger partial charge in [0.1, 0.15) is 54.9 Å². The van der Waals surface area contributed by atoms with Gasteiger partial charge in [0.05, 0.1) is 82.8 Å². The summed E-state index contributed by atoms with van der Waals surface area (Å²) in [5.74, 6) is -2.61. The maximum absolute atomic E-state index is 15.0. The first-order valence-corrected chi connectivity index (χ1v) is 35.9. The van der Waals surface area contributed by atoms with Gasteiger partial charge in [0.15, 0.2) is 37.2 Å². The SMILES string of the molecule is O=C(OC1C(COC2OC(COCc3ccccc3)C(OCc3ccccc3)C(OCc3ccccc3)C2OCc2ccccc2)OC(OCC2OC(O)C(OCc3ccccc3)C(OCc3ccccc3)C2OCc2ccccc2)C(OC(=O)c2ccccc2)C1OC(=O)c1ccccc1)c1ccccc1. The van der Waals surface area contributed by atoms with Crippen molar-refractivity contribution in [3.63, 3.8) is 0 Å². The lowest BCUT2D eigenvalue weighted by Crippen LogP contribution is -2.65.